The Morgan fingerprint density at radius 2 is 1.05 bits per heavy atom. The summed E-state index contributed by atoms with van der Waals surface area (Å²) in [5, 5.41) is 0. The Morgan fingerprint density at radius 1 is 0.634 bits per heavy atom. The summed E-state index contributed by atoms with van der Waals surface area (Å²) in [4.78, 5) is 0.0685. The molecule has 0 heterocycles. The molecular weight excluding hydrogens is 556 g/mol. The summed E-state index contributed by atoms with van der Waals surface area (Å²) in [6.45, 7) is 12.1. The van der Waals surface area contributed by atoms with E-state index < -0.39 is 20.2 Å². The van der Waals surface area contributed by atoms with Crippen LogP contribution in [0.2, 0.25) is 0 Å². The number of rotatable bonds is 9. The number of hydrogen-bond acceptors (Lipinski definition) is 6. The maximum absolute atomic E-state index is 14.2. The molecule has 2 saturated carbocycles. The first-order chi connectivity index (χ1) is 19.2. The number of hydrogen-bond donors (Lipinski definition) is 0. The zero-order chi connectivity index (χ0) is 30.1. The average molecular weight is 604 g/mol. The summed E-state index contributed by atoms with van der Waals surface area (Å²) in [6, 6.07) is 7.03. The summed E-state index contributed by atoms with van der Waals surface area (Å²) in [5.41, 5.74) is 3.41. The van der Waals surface area contributed by atoms with E-state index in [1.807, 2.05) is 39.8 Å². The predicted octanol–water partition coefficient (Wildman–Crippen LogP) is 8.82. The summed E-state index contributed by atoms with van der Waals surface area (Å²) in [7, 11) is -9.06. The third-order valence-electron chi connectivity index (χ3n) is 9.00. The van der Waals surface area contributed by atoms with Gasteiger partial charge in [0.25, 0.3) is 0 Å². The van der Waals surface area contributed by atoms with Crippen LogP contribution >= 0.6 is 0 Å². The maximum Gasteiger partial charge on any atom is 0.339 e. The van der Waals surface area contributed by atoms with Crippen molar-refractivity contribution < 1.29 is 25.6 Å². The van der Waals surface area contributed by atoms with Crippen LogP contribution in [0, 0.1) is 0 Å². The van der Waals surface area contributed by atoms with Crippen molar-refractivity contribution in [2.24, 2.45) is 0 Å². The highest BCUT2D eigenvalue weighted by molar-refractivity contribution is 7.87. The molecule has 2 aromatic rings. The molecule has 0 saturated heterocycles. The van der Waals surface area contributed by atoms with E-state index in [-0.39, 0.29) is 45.1 Å². The van der Waals surface area contributed by atoms with Crippen LogP contribution in [0.5, 0.6) is 5.75 Å². The second kappa shape index (κ2) is 12.8. The van der Waals surface area contributed by atoms with Gasteiger partial charge >= 0.3 is 10.1 Å². The molecule has 0 bridgehead atoms. The lowest BCUT2D eigenvalue weighted by molar-refractivity contribution is 0.413. The Kier molecular flexibility index (Phi) is 9.97. The summed E-state index contributed by atoms with van der Waals surface area (Å²) < 4.78 is 72.7. The lowest BCUT2D eigenvalue weighted by Gasteiger charge is -2.31. The molecule has 41 heavy (non-hydrogen) atoms. The Morgan fingerprint density at radius 3 is 1.39 bits per heavy atom. The second-order valence-corrected chi connectivity index (χ2v) is 15.9. The van der Waals surface area contributed by atoms with Crippen molar-refractivity contribution in [2.45, 2.75) is 145 Å². The smallest absolute Gasteiger partial charge is 0.339 e. The summed E-state index contributed by atoms with van der Waals surface area (Å²) in [5.74, 6) is 0.0141. The summed E-state index contributed by atoms with van der Waals surface area (Å²) >= 11 is 0. The maximum atomic E-state index is 14.2. The fourth-order valence-electron chi connectivity index (χ4n) is 6.76. The van der Waals surface area contributed by atoms with Gasteiger partial charge in [-0.15, -0.1) is 0 Å². The first-order valence-corrected chi connectivity index (χ1v) is 18.3. The van der Waals surface area contributed by atoms with E-state index in [2.05, 4.69) is 13.8 Å². The van der Waals surface area contributed by atoms with E-state index in [0.717, 1.165) is 80.9 Å². The van der Waals surface area contributed by atoms with Crippen molar-refractivity contribution in [3.8, 4) is 5.75 Å². The zero-order valence-electron chi connectivity index (χ0n) is 25.5. The SMILES string of the molecule is CC(C)c1cc(C(C)C)c(S(=O)(=O)Oc2cc(C3CCCCC3)c(S(=O)(=O)[O-])c(C3CCCCC3)c2)c(C(C)C)c1. The molecule has 0 amide bonds. The van der Waals surface area contributed by atoms with Gasteiger partial charge in [0.1, 0.15) is 20.8 Å². The Hall–Kier alpha value is -1.90. The van der Waals surface area contributed by atoms with Crippen molar-refractivity contribution in [3.63, 3.8) is 0 Å². The normalized spacial score (nSPS) is 18.0. The highest BCUT2D eigenvalue weighted by atomic mass is 32.2. The van der Waals surface area contributed by atoms with E-state index in [0.29, 0.717) is 11.1 Å². The van der Waals surface area contributed by atoms with Crippen LogP contribution in [-0.2, 0) is 20.2 Å². The lowest BCUT2D eigenvalue weighted by atomic mass is 9.79. The molecule has 0 radical (unpaired) electrons. The average Bonchev–Trinajstić information content (AvgIpc) is 2.91. The van der Waals surface area contributed by atoms with E-state index in [1.165, 1.54) is 12.1 Å². The highest BCUT2D eigenvalue weighted by Gasteiger charge is 2.32. The van der Waals surface area contributed by atoms with Crippen molar-refractivity contribution in [3.05, 3.63) is 52.1 Å². The van der Waals surface area contributed by atoms with E-state index in [4.69, 9.17) is 4.18 Å². The molecule has 6 nitrogen and oxygen atoms in total. The molecule has 0 spiro atoms. The van der Waals surface area contributed by atoms with Crippen LogP contribution in [0.1, 0.15) is 163 Å². The van der Waals surface area contributed by atoms with E-state index >= 15 is 0 Å². The Labute approximate surface area is 248 Å². The van der Waals surface area contributed by atoms with Gasteiger partial charge in [-0.25, -0.2) is 8.42 Å². The molecule has 2 fully saturated rings. The van der Waals surface area contributed by atoms with Crippen LogP contribution in [0.15, 0.2) is 34.1 Å². The van der Waals surface area contributed by atoms with Gasteiger partial charge < -0.3 is 8.74 Å². The minimum atomic E-state index is -4.78. The summed E-state index contributed by atoms with van der Waals surface area (Å²) in [6.07, 6.45) is 9.01. The predicted molar refractivity (Wildman–Crippen MR) is 163 cm³/mol. The van der Waals surface area contributed by atoms with E-state index in [1.54, 1.807) is 0 Å². The minimum absolute atomic E-state index is 0.0526. The monoisotopic (exact) mass is 603 g/mol. The Balaban J connectivity index is 1.92. The Bertz CT molecular complexity index is 1370. The molecule has 228 valence electrons. The van der Waals surface area contributed by atoms with Crippen LogP contribution in [0.3, 0.4) is 0 Å². The molecule has 0 aromatic heterocycles. The molecule has 0 N–H and O–H groups in total. The highest BCUT2D eigenvalue weighted by Crippen LogP contribution is 2.45. The van der Waals surface area contributed by atoms with Crippen molar-refractivity contribution in [1.82, 2.24) is 0 Å². The van der Waals surface area contributed by atoms with Gasteiger partial charge in [-0.2, -0.15) is 8.42 Å². The molecule has 2 aromatic carbocycles. The van der Waals surface area contributed by atoms with Gasteiger partial charge in [0, 0.05) is 0 Å². The fraction of sp³-hybridized carbons (Fsp3) is 0.636. The van der Waals surface area contributed by atoms with Crippen LogP contribution < -0.4 is 4.18 Å². The third kappa shape index (κ3) is 7.19. The van der Waals surface area contributed by atoms with E-state index in [9.17, 15) is 21.4 Å². The molecule has 0 unspecified atom stereocenters. The zero-order valence-corrected chi connectivity index (χ0v) is 27.2. The molecule has 0 atom stereocenters. The van der Waals surface area contributed by atoms with Crippen LogP contribution in [0.25, 0.3) is 0 Å². The largest absolute Gasteiger partial charge is 0.744 e. The molecule has 0 aliphatic heterocycles. The molecule has 4 rings (SSSR count). The fourth-order valence-corrected chi connectivity index (χ4v) is 9.39. The van der Waals surface area contributed by atoms with Crippen molar-refractivity contribution >= 4 is 20.2 Å². The lowest BCUT2D eigenvalue weighted by Crippen LogP contribution is -2.19. The first-order valence-electron chi connectivity index (χ1n) is 15.5. The molecule has 8 heteroatoms. The topological polar surface area (TPSA) is 101 Å². The molecule has 2 aliphatic rings. The van der Waals surface area contributed by atoms with Crippen molar-refractivity contribution in [2.75, 3.05) is 0 Å². The van der Waals surface area contributed by atoms with Crippen LogP contribution in [-0.4, -0.2) is 21.4 Å². The van der Waals surface area contributed by atoms with Gasteiger partial charge in [-0.3, -0.25) is 0 Å². The minimum Gasteiger partial charge on any atom is -0.744 e. The standard InChI is InChI=1S/C33H48O6S2/c1-21(2)26-17-28(22(3)4)33(29(18-26)23(5)6)41(37,38)39-27-19-30(24-13-9-7-10-14-24)32(40(34,35)36)31(20-27)25-15-11-8-12-16-25/h17-25H,7-16H2,1-6H3,(H,34,35,36)/p-1. The van der Waals surface area contributed by atoms with Gasteiger partial charge in [0.2, 0.25) is 0 Å². The quantitative estimate of drug-likeness (QED) is 0.210. The molecule has 2 aliphatic carbocycles. The first kappa shape index (κ1) is 32.0. The van der Waals surface area contributed by atoms with Gasteiger partial charge in [-0.05, 0) is 95.2 Å². The van der Waals surface area contributed by atoms with Crippen LogP contribution in [0.4, 0.5) is 0 Å². The third-order valence-corrected chi connectivity index (χ3v) is 11.3. The number of benzene rings is 2. The van der Waals surface area contributed by atoms with Gasteiger partial charge in [0.05, 0.1) is 4.90 Å². The van der Waals surface area contributed by atoms with Gasteiger partial charge in [0.15, 0.2) is 0 Å². The second-order valence-electron chi connectivity index (χ2n) is 13.1. The molecular formula is C33H47O6S2-. The van der Waals surface area contributed by atoms with Crippen molar-refractivity contribution in [1.29, 1.82) is 0 Å². The van der Waals surface area contributed by atoms with Gasteiger partial charge in [-0.1, -0.05) is 92.2 Å².